The predicted molar refractivity (Wildman–Crippen MR) is 62.7 cm³/mol. The molecule has 15 heavy (non-hydrogen) atoms. The maximum Gasteiger partial charge on any atom is 0.195 e. The van der Waals surface area contributed by atoms with Crippen molar-refractivity contribution >= 4 is 15.9 Å². The molecule has 0 aliphatic carbocycles. The van der Waals surface area contributed by atoms with Gasteiger partial charge in [0.15, 0.2) is 4.73 Å². The molecule has 2 aromatic rings. The Morgan fingerprint density at radius 2 is 2.13 bits per heavy atom. The van der Waals surface area contributed by atoms with Crippen LogP contribution in [-0.4, -0.2) is 14.8 Å². The van der Waals surface area contributed by atoms with Crippen LogP contribution in [-0.2, 0) is 6.54 Å². The van der Waals surface area contributed by atoms with Gasteiger partial charge < -0.3 is 0 Å². The van der Waals surface area contributed by atoms with Crippen LogP contribution < -0.4 is 0 Å². The van der Waals surface area contributed by atoms with E-state index in [1.165, 1.54) is 16.7 Å². The summed E-state index contributed by atoms with van der Waals surface area (Å²) in [6.45, 7) is 4.97. The second-order valence-corrected chi connectivity index (χ2v) is 4.33. The summed E-state index contributed by atoms with van der Waals surface area (Å²) in [5.74, 6) is 0. The van der Waals surface area contributed by atoms with Crippen molar-refractivity contribution in [3.63, 3.8) is 0 Å². The molecular weight excluding hydrogens is 254 g/mol. The molecule has 0 saturated carbocycles. The topological polar surface area (TPSA) is 30.7 Å². The first-order valence-corrected chi connectivity index (χ1v) is 5.55. The third-order valence-corrected chi connectivity index (χ3v) is 3.01. The summed E-state index contributed by atoms with van der Waals surface area (Å²) in [7, 11) is 0. The molecule has 2 rings (SSSR count). The van der Waals surface area contributed by atoms with Crippen molar-refractivity contribution in [2.24, 2.45) is 0 Å². The van der Waals surface area contributed by atoms with Gasteiger partial charge in [0.2, 0.25) is 0 Å². The van der Waals surface area contributed by atoms with E-state index >= 15 is 0 Å². The third-order valence-electron chi connectivity index (χ3n) is 2.39. The highest BCUT2D eigenvalue weighted by Crippen LogP contribution is 2.14. The zero-order chi connectivity index (χ0) is 10.8. The maximum atomic E-state index is 4.14. The van der Waals surface area contributed by atoms with Gasteiger partial charge in [-0.25, -0.2) is 9.67 Å². The van der Waals surface area contributed by atoms with E-state index in [-0.39, 0.29) is 0 Å². The Kier molecular flexibility index (Phi) is 2.86. The number of rotatable bonds is 2. The lowest BCUT2D eigenvalue weighted by atomic mass is 10.1. The average Bonchev–Trinajstić information content (AvgIpc) is 2.58. The largest absolute Gasteiger partial charge is 0.236 e. The second-order valence-electron chi connectivity index (χ2n) is 3.62. The summed E-state index contributed by atoms with van der Waals surface area (Å²) in [5, 5.41) is 4.14. The first kappa shape index (κ1) is 10.4. The van der Waals surface area contributed by atoms with Crippen LogP contribution in [0, 0.1) is 13.8 Å². The van der Waals surface area contributed by atoms with E-state index in [9.17, 15) is 0 Å². The van der Waals surface area contributed by atoms with Crippen molar-refractivity contribution in [2.75, 3.05) is 0 Å². The predicted octanol–water partition coefficient (Wildman–Crippen LogP) is 2.71. The highest BCUT2D eigenvalue weighted by atomic mass is 79.9. The van der Waals surface area contributed by atoms with Crippen molar-refractivity contribution in [3.05, 3.63) is 46.0 Å². The fourth-order valence-corrected chi connectivity index (χ4v) is 1.80. The van der Waals surface area contributed by atoms with Crippen molar-refractivity contribution in [2.45, 2.75) is 20.4 Å². The SMILES string of the molecule is Cc1ccc(C)c(Cn2ncnc2Br)c1. The van der Waals surface area contributed by atoms with Crippen LogP contribution in [0.3, 0.4) is 0 Å². The lowest BCUT2D eigenvalue weighted by molar-refractivity contribution is 0.665. The minimum atomic E-state index is 0.758. The Morgan fingerprint density at radius 3 is 2.80 bits per heavy atom. The molecule has 0 N–H and O–H groups in total. The lowest BCUT2D eigenvalue weighted by Gasteiger charge is -2.07. The van der Waals surface area contributed by atoms with Gasteiger partial charge in [-0.05, 0) is 40.9 Å². The van der Waals surface area contributed by atoms with Crippen molar-refractivity contribution in [1.82, 2.24) is 14.8 Å². The van der Waals surface area contributed by atoms with E-state index in [4.69, 9.17) is 0 Å². The van der Waals surface area contributed by atoms with Crippen LogP contribution in [0.4, 0.5) is 0 Å². The molecule has 0 saturated heterocycles. The summed E-state index contributed by atoms with van der Waals surface area (Å²) in [5.41, 5.74) is 3.83. The van der Waals surface area contributed by atoms with Crippen LogP contribution in [0.1, 0.15) is 16.7 Å². The summed E-state index contributed by atoms with van der Waals surface area (Å²) in [4.78, 5) is 4.03. The highest BCUT2D eigenvalue weighted by molar-refractivity contribution is 9.10. The monoisotopic (exact) mass is 265 g/mol. The number of hydrogen-bond donors (Lipinski definition) is 0. The first-order valence-electron chi connectivity index (χ1n) is 4.76. The van der Waals surface area contributed by atoms with Crippen LogP contribution in [0.25, 0.3) is 0 Å². The second kappa shape index (κ2) is 4.14. The molecule has 0 atom stereocenters. The van der Waals surface area contributed by atoms with Gasteiger partial charge in [0.1, 0.15) is 6.33 Å². The Labute approximate surface area is 97.3 Å². The molecule has 4 heteroatoms. The highest BCUT2D eigenvalue weighted by Gasteiger charge is 2.04. The number of nitrogens with zero attached hydrogens (tertiary/aromatic N) is 3. The number of hydrogen-bond acceptors (Lipinski definition) is 2. The molecule has 0 aliphatic rings. The van der Waals surface area contributed by atoms with Crippen molar-refractivity contribution < 1.29 is 0 Å². The number of aryl methyl sites for hydroxylation is 2. The average molecular weight is 266 g/mol. The van der Waals surface area contributed by atoms with Gasteiger partial charge in [-0.2, -0.15) is 5.10 Å². The molecule has 0 radical (unpaired) electrons. The fourth-order valence-electron chi connectivity index (χ4n) is 1.49. The normalized spacial score (nSPS) is 10.6. The molecule has 0 amide bonds. The molecular formula is C11H12BrN3. The molecule has 1 aromatic carbocycles. The standard InChI is InChI=1S/C11H12BrN3/c1-8-3-4-9(2)10(5-8)6-15-11(12)13-7-14-15/h3-5,7H,6H2,1-2H3. The quantitative estimate of drug-likeness (QED) is 0.836. The number of benzene rings is 1. The van der Waals surface area contributed by atoms with Gasteiger partial charge in [-0.15, -0.1) is 0 Å². The minimum Gasteiger partial charge on any atom is -0.236 e. The maximum absolute atomic E-state index is 4.14. The van der Waals surface area contributed by atoms with E-state index in [0.717, 1.165) is 11.3 Å². The van der Waals surface area contributed by atoms with Crippen LogP contribution in [0.15, 0.2) is 29.3 Å². The van der Waals surface area contributed by atoms with Gasteiger partial charge in [0, 0.05) is 0 Å². The molecule has 1 aromatic heterocycles. The summed E-state index contributed by atoms with van der Waals surface area (Å²) < 4.78 is 2.60. The van der Waals surface area contributed by atoms with E-state index < -0.39 is 0 Å². The molecule has 78 valence electrons. The zero-order valence-electron chi connectivity index (χ0n) is 8.74. The van der Waals surface area contributed by atoms with E-state index in [1.807, 2.05) is 4.68 Å². The lowest BCUT2D eigenvalue weighted by Crippen LogP contribution is -2.03. The van der Waals surface area contributed by atoms with Crippen LogP contribution in [0.5, 0.6) is 0 Å². The smallest absolute Gasteiger partial charge is 0.195 e. The van der Waals surface area contributed by atoms with Crippen LogP contribution >= 0.6 is 15.9 Å². The minimum absolute atomic E-state index is 0.758. The molecule has 0 unspecified atom stereocenters. The third kappa shape index (κ3) is 2.26. The summed E-state index contributed by atoms with van der Waals surface area (Å²) in [6, 6.07) is 6.44. The molecule has 0 bridgehead atoms. The van der Waals surface area contributed by atoms with E-state index in [2.05, 4.69) is 58.1 Å². The van der Waals surface area contributed by atoms with Crippen molar-refractivity contribution in [3.8, 4) is 0 Å². The number of aromatic nitrogens is 3. The summed E-state index contributed by atoms with van der Waals surface area (Å²) >= 11 is 3.36. The molecule has 0 spiro atoms. The molecule has 1 heterocycles. The van der Waals surface area contributed by atoms with Crippen LogP contribution in [0.2, 0.25) is 0 Å². The zero-order valence-corrected chi connectivity index (χ0v) is 10.3. The Bertz CT molecular complexity index is 476. The Morgan fingerprint density at radius 1 is 1.33 bits per heavy atom. The van der Waals surface area contributed by atoms with E-state index in [0.29, 0.717) is 0 Å². The Hall–Kier alpha value is -1.16. The Balaban J connectivity index is 2.32. The number of halogens is 1. The fraction of sp³-hybridized carbons (Fsp3) is 0.273. The molecule has 0 fully saturated rings. The van der Waals surface area contributed by atoms with Gasteiger partial charge in [0.25, 0.3) is 0 Å². The molecule has 0 aliphatic heterocycles. The van der Waals surface area contributed by atoms with Gasteiger partial charge in [0.05, 0.1) is 6.54 Å². The van der Waals surface area contributed by atoms with Gasteiger partial charge in [-0.1, -0.05) is 23.8 Å². The van der Waals surface area contributed by atoms with Gasteiger partial charge in [-0.3, -0.25) is 0 Å². The van der Waals surface area contributed by atoms with Gasteiger partial charge >= 0.3 is 0 Å². The molecule has 3 nitrogen and oxygen atoms in total. The van der Waals surface area contributed by atoms with E-state index in [1.54, 1.807) is 6.33 Å². The summed E-state index contributed by atoms with van der Waals surface area (Å²) in [6.07, 6.45) is 1.55. The first-order chi connectivity index (χ1) is 7.16. The van der Waals surface area contributed by atoms with Crippen molar-refractivity contribution in [1.29, 1.82) is 0 Å².